The summed E-state index contributed by atoms with van der Waals surface area (Å²) >= 11 is 5.85. The van der Waals surface area contributed by atoms with E-state index in [1.165, 1.54) is 0 Å². The maximum Gasteiger partial charge on any atom is 0.132 e. The Balaban J connectivity index is 1.90. The van der Waals surface area contributed by atoms with Crippen LogP contribution in [0.25, 0.3) is 0 Å². The number of hydrogen-bond acceptors (Lipinski definition) is 3. The minimum Gasteiger partial charge on any atom is -0.383 e. The molecule has 1 saturated heterocycles. The first kappa shape index (κ1) is 10.7. The molecule has 1 aromatic rings. The minimum absolute atomic E-state index is 0.574. The van der Waals surface area contributed by atoms with Gasteiger partial charge >= 0.3 is 0 Å². The highest BCUT2D eigenvalue weighted by Crippen LogP contribution is 2.18. The highest BCUT2D eigenvalue weighted by atomic mass is 35.5. The minimum atomic E-state index is 0.574. The van der Waals surface area contributed by atoms with Gasteiger partial charge in [0.05, 0.1) is 18.5 Å². The number of hydrogen-bond donors (Lipinski definition) is 1. The Morgan fingerprint density at radius 3 is 3.20 bits per heavy atom. The molecule has 1 fully saturated rings. The predicted molar refractivity (Wildman–Crippen MR) is 61.4 cm³/mol. The van der Waals surface area contributed by atoms with Crippen molar-refractivity contribution < 1.29 is 4.74 Å². The third kappa shape index (κ3) is 2.83. The van der Waals surface area contributed by atoms with Crippen molar-refractivity contribution >= 4 is 17.3 Å². The molecule has 0 aliphatic carbocycles. The van der Waals surface area contributed by atoms with Gasteiger partial charge in [0.2, 0.25) is 0 Å². The molecule has 2 rings (SSSR count). The first-order valence-corrected chi connectivity index (χ1v) is 5.57. The Labute approximate surface area is 94.8 Å². The second kappa shape index (κ2) is 4.81. The molecule has 1 N–H and O–H groups in total. The number of ether oxygens (including phenoxy) is 1. The fraction of sp³-hybridized carbons (Fsp3) is 0.545. The molecule has 0 amide bonds. The molecule has 1 aliphatic rings. The van der Waals surface area contributed by atoms with Crippen LogP contribution in [-0.2, 0) is 4.74 Å². The summed E-state index contributed by atoms with van der Waals surface area (Å²) in [5, 5.41) is 3.93. The van der Waals surface area contributed by atoms with E-state index in [1.54, 1.807) is 6.20 Å². The number of aryl methyl sites for hydroxylation is 1. The largest absolute Gasteiger partial charge is 0.383 e. The van der Waals surface area contributed by atoms with Gasteiger partial charge in [0.1, 0.15) is 5.15 Å². The van der Waals surface area contributed by atoms with Crippen LogP contribution in [0.2, 0.25) is 5.15 Å². The van der Waals surface area contributed by atoms with E-state index in [1.807, 2.05) is 13.0 Å². The third-order valence-corrected chi connectivity index (χ3v) is 3.03. The van der Waals surface area contributed by atoms with Gasteiger partial charge in [-0.25, -0.2) is 4.98 Å². The second-order valence-corrected chi connectivity index (χ2v) is 4.30. The Morgan fingerprint density at radius 1 is 1.67 bits per heavy atom. The molecule has 4 heteroatoms. The van der Waals surface area contributed by atoms with Gasteiger partial charge in [0.25, 0.3) is 0 Å². The molecule has 15 heavy (non-hydrogen) atoms. The predicted octanol–water partition coefficient (Wildman–Crippen LogP) is 2.49. The number of nitrogens with zero attached hydrogens (tertiary/aromatic N) is 1. The lowest BCUT2D eigenvalue weighted by Gasteiger charge is -2.11. The average molecular weight is 227 g/mol. The number of nitrogens with one attached hydrogen (secondary N) is 1. The standard InChI is InChI=1S/C11H15ClN2O/c1-8-4-10(6-14-11(8)12)13-5-9-2-3-15-7-9/h4,6,9,13H,2-3,5,7H2,1H3. The SMILES string of the molecule is Cc1cc(NCC2CCOC2)cnc1Cl. The highest BCUT2D eigenvalue weighted by molar-refractivity contribution is 6.30. The normalized spacial score (nSPS) is 20.5. The van der Waals surface area contributed by atoms with Crippen molar-refractivity contribution in [2.45, 2.75) is 13.3 Å². The molecule has 0 saturated carbocycles. The van der Waals surface area contributed by atoms with E-state index in [0.717, 1.165) is 37.4 Å². The second-order valence-electron chi connectivity index (χ2n) is 3.94. The molecule has 3 nitrogen and oxygen atoms in total. The van der Waals surface area contributed by atoms with Crippen LogP contribution in [0, 0.1) is 12.8 Å². The maximum absolute atomic E-state index is 5.85. The summed E-state index contributed by atoms with van der Waals surface area (Å²) in [6.07, 6.45) is 2.91. The lowest BCUT2D eigenvalue weighted by atomic mass is 10.1. The molecule has 0 spiro atoms. The monoisotopic (exact) mass is 226 g/mol. The van der Waals surface area contributed by atoms with Crippen LogP contribution in [0.3, 0.4) is 0 Å². The fourth-order valence-corrected chi connectivity index (χ4v) is 1.76. The molecule has 82 valence electrons. The van der Waals surface area contributed by atoms with Gasteiger partial charge in [-0.1, -0.05) is 11.6 Å². The number of rotatable bonds is 3. The van der Waals surface area contributed by atoms with Crippen LogP contribution in [0.4, 0.5) is 5.69 Å². The van der Waals surface area contributed by atoms with Gasteiger partial charge in [-0.05, 0) is 25.0 Å². The zero-order chi connectivity index (χ0) is 10.7. The first-order chi connectivity index (χ1) is 7.25. The molecule has 1 aliphatic heterocycles. The summed E-state index contributed by atoms with van der Waals surface area (Å²) in [5.74, 6) is 0.626. The topological polar surface area (TPSA) is 34.1 Å². The molecule has 2 heterocycles. The van der Waals surface area contributed by atoms with Crippen molar-refractivity contribution in [3.05, 3.63) is 23.0 Å². The number of anilines is 1. The van der Waals surface area contributed by atoms with Crippen molar-refractivity contribution in [1.29, 1.82) is 0 Å². The Bertz CT molecular complexity index is 337. The zero-order valence-corrected chi connectivity index (χ0v) is 9.55. The summed E-state index contributed by atoms with van der Waals surface area (Å²) in [6, 6.07) is 2.02. The number of halogens is 1. The van der Waals surface area contributed by atoms with E-state index in [0.29, 0.717) is 11.1 Å². The lowest BCUT2D eigenvalue weighted by molar-refractivity contribution is 0.187. The van der Waals surface area contributed by atoms with Crippen LogP contribution >= 0.6 is 11.6 Å². The first-order valence-electron chi connectivity index (χ1n) is 5.19. The number of aromatic nitrogens is 1. The fourth-order valence-electron chi connectivity index (χ4n) is 1.66. The van der Waals surface area contributed by atoms with Gasteiger partial charge in [0.15, 0.2) is 0 Å². The Kier molecular flexibility index (Phi) is 3.44. The molecular formula is C11H15ClN2O. The van der Waals surface area contributed by atoms with E-state index < -0.39 is 0 Å². The average Bonchev–Trinajstić information content (AvgIpc) is 2.73. The third-order valence-electron chi connectivity index (χ3n) is 2.63. The van der Waals surface area contributed by atoms with E-state index in [-0.39, 0.29) is 0 Å². The smallest absolute Gasteiger partial charge is 0.132 e. The van der Waals surface area contributed by atoms with Crippen molar-refractivity contribution in [3.8, 4) is 0 Å². The van der Waals surface area contributed by atoms with E-state index in [2.05, 4.69) is 10.3 Å². The summed E-state index contributed by atoms with van der Waals surface area (Å²) in [4.78, 5) is 4.10. The van der Waals surface area contributed by atoms with Gasteiger partial charge < -0.3 is 10.1 Å². The molecule has 1 unspecified atom stereocenters. The van der Waals surface area contributed by atoms with Crippen LogP contribution in [0.15, 0.2) is 12.3 Å². The van der Waals surface area contributed by atoms with E-state index >= 15 is 0 Å². The highest BCUT2D eigenvalue weighted by Gasteiger charge is 2.14. The molecule has 0 bridgehead atoms. The van der Waals surface area contributed by atoms with E-state index in [4.69, 9.17) is 16.3 Å². The quantitative estimate of drug-likeness (QED) is 0.805. The summed E-state index contributed by atoms with van der Waals surface area (Å²) in [5.41, 5.74) is 2.04. The van der Waals surface area contributed by atoms with Crippen LogP contribution in [0.5, 0.6) is 0 Å². The van der Waals surface area contributed by atoms with Gasteiger partial charge in [-0.3, -0.25) is 0 Å². The van der Waals surface area contributed by atoms with Gasteiger partial charge in [-0.15, -0.1) is 0 Å². The van der Waals surface area contributed by atoms with Crippen molar-refractivity contribution in [1.82, 2.24) is 4.98 Å². The summed E-state index contributed by atoms with van der Waals surface area (Å²) < 4.78 is 5.31. The molecular weight excluding hydrogens is 212 g/mol. The van der Waals surface area contributed by atoms with Gasteiger partial charge in [-0.2, -0.15) is 0 Å². The molecule has 0 aromatic carbocycles. The Morgan fingerprint density at radius 2 is 2.53 bits per heavy atom. The molecule has 1 atom stereocenters. The molecule has 0 radical (unpaired) electrons. The summed E-state index contributed by atoms with van der Waals surface area (Å²) in [7, 11) is 0. The summed E-state index contributed by atoms with van der Waals surface area (Å²) in [6.45, 7) is 4.67. The molecule has 1 aromatic heterocycles. The number of pyridine rings is 1. The van der Waals surface area contributed by atoms with Crippen LogP contribution in [-0.4, -0.2) is 24.7 Å². The van der Waals surface area contributed by atoms with Crippen molar-refractivity contribution in [3.63, 3.8) is 0 Å². The van der Waals surface area contributed by atoms with E-state index in [9.17, 15) is 0 Å². The van der Waals surface area contributed by atoms with Crippen molar-refractivity contribution in [2.24, 2.45) is 5.92 Å². The van der Waals surface area contributed by atoms with Crippen molar-refractivity contribution in [2.75, 3.05) is 25.1 Å². The van der Waals surface area contributed by atoms with Crippen LogP contribution in [0.1, 0.15) is 12.0 Å². The van der Waals surface area contributed by atoms with Gasteiger partial charge in [0, 0.05) is 19.1 Å². The van der Waals surface area contributed by atoms with Crippen LogP contribution < -0.4 is 5.32 Å². The maximum atomic E-state index is 5.85. The zero-order valence-electron chi connectivity index (χ0n) is 8.79. The lowest BCUT2D eigenvalue weighted by Crippen LogP contribution is -2.14. The Hall–Kier alpha value is -0.800.